The molecule has 0 heterocycles. The summed E-state index contributed by atoms with van der Waals surface area (Å²) in [6, 6.07) is 7.86. The van der Waals surface area contributed by atoms with Crippen LogP contribution in [0.5, 0.6) is 0 Å². The van der Waals surface area contributed by atoms with Crippen LogP contribution in [0.3, 0.4) is 0 Å². The number of ketones is 1. The van der Waals surface area contributed by atoms with Crippen molar-refractivity contribution in [2.75, 3.05) is 6.61 Å². The molecule has 0 radical (unpaired) electrons. The maximum Gasteiger partial charge on any atom is 0.314 e. The Bertz CT molecular complexity index is 593. The molecule has 0 amide bonds. The van der Waals surface area contributed by atoms with Crippen molar-refractivity contribution in [2.45, 2.75) is 26.7 Å². The second kappa shape index (κ2) is 6.53. The molecule has 0 saturated carbocycles. The largest absolute Gasteiger partial charge is 0.465 e. The minimum absolute atomic E-state index is 0.0141. The molecule has 3 nitrogen and oxygen atoms in total. The van der Waals surface area contributed by atoms with Crippen molar-refractivity contribution in [3.63, 3.8) is 0 Å². The zero-order valence-electron chi connectivity index (χ0n) is 12.6. The summed E-state index contributed by atoms with van der Waals surface area (Å²) < 4.78 is 5.21. The normalized spacial score (nSPS) is 18.2. The Labute approximate surface area is 125 Å². The van der Waals surface area contributed by atoms with E-state index in [1.54, 1.807) is 13.0 Å². The Morgan fingerprint density at radius 3 is 2.43 bits per heavy atom. The molecule has 2 rings (SSSR count). The predicted molar refractivity (Wildman–Crippen MR) is 81.9 cm³/mol. The first-order chi connectivity index (χ1) is 10.0. The van der Waals surface area contributed by atoms with Gasteiger partial charge in [0, 0.05) is 11.5 Å². The third kappa shape index (κ3) is 3.48. The molecular formula is C18H20O3. The van der Waals surface area contributed by atoms with Gasteiger partial charge in [-0.25, -0.2) is 0 Å². The zero-order valence-corrected chi connectivity index (χ0v) is 12.6. The number of esters is 1. The highest BCUT2D eigenvalue weighted by Gasteiger charge is 2.30. The highest BCUT2D eigenvalue weighted by atomic mass is 16.5. The lowest BCUT2D eigenvalue weighted by Crippen LogP contribution is -2.21. The van der Waals surface area contributed by atoms with E-state index in [9.17, 15) is 9.59 Å². The van der Waals surface area contributed by atoms with E-state index in [1.807, 2.05) is 43.3 Å². The van der Waals surface area contributed by atoms with E-state index in [0.717, 1.165) is 11.1 Å². The summed E-state index contributed by atoms with van der Waals surface area (Å²) in [7, 11) is 0. The summed E-state index contributed by atoms with van der Waals surface area (Å²) in [6.07, 6.45) is 5.54. The van der Waals surface area contributed by atoms with E-state index < -0.39 is 5.92 Å². The lowest BCUT2D eigenvalue weighted by atomic mass is 9.86. The van der Waals surface area contributed by atoms with Crippen molar-refractivity contribution in [1.29, 1.82) is 0 Å². The van der Waals surface area contributed by atoms with Gasteiger partial charge in [0.2, 0.25) is 0 Å². The molecule has 0 aliphatic heterocycles. The topological polar surface area (TPSA) is 43.4 Å². The number of hydrogen-bond donors (Lipinski definition) is 0. The lowest BCUT2D eigenvalue weighted by Gasteiger charge is -2.20. The van der Waals surface area contributed by atoms with Crippen LogP contribution in [-0.4, -0.2) is 18.4 Å². The average molecular weight is 284 g/mol. The second-order valence-electron chi connectivity index (χ2n) is 5.26. The minimum Gasteiger partial charge on any atom is -0.465 e. The molecule has 1 aromatic carbocycles. The molecule has 0 saturated heterocycles. The van der Waals surface area contributed by atoms with Gasteiger partial charge in [0.05, 0.1) is 12.5 Å². The van der Waals surface area contributed by atoms with E-state index in [0.29, 0.717) is 12.2 Å². The van der Waals surface area contributed by atoms with Gasteiger partial charge in [-0.1, -0.05) is 48.1 Å². The third-order valence-electron chi connectivity index (χ3n) is 3.64. The lowest BCUT2D eigenvalue weighted by molar-refractivity contribution is -0.145. The van der Waals surface area contributed by atoms with E-state index in [-0.39, 0.29) is 17.7 Å². The number of aryl methyl sites for hydroxylation is 1. The van der Waals surface area contributed by atoms with Crippen LogP contribution in [0.25, 0.3) is 0 Å². The first-order valence-corrected chi connectivity index (χ1v) is 7.17. The van der Waals surface area contributed by atoms with E-state index in [4.69, 9.17) is 4.74 Å². The number of allylic oxidation sites excluding steroid dienone is 4. The Kier molecular flexibility index (Phi) is 4.73. The first kappa shape index (κ1) is 15.2. The number of carbonyl (C=O) groups excluding carboxylic acids is 2. The predicted octanol–water partition coefficient (Wildman–Crippen LogP) is 3.34. The van der Waals surface area contributed by atoms with Crippen molar-refractivity contribution in [1.82, 2.24) is 0 Å². The van der Waals surface area contributed by atoms with Gasteiger partial charge < -0.3 is 4.74 Å². The number of rotatable bonds is 5. The van der Waals surface area contributed by atoms with Crippen LogP contribution < -0.4 is 0 Å². The van der Waals surface area contributed by atoms with Gasteiger partial charge in [-0.2, -0.15) is 0 Å². The number of benzene rings is 1. The summed E-state index contributed by atoms with van der Waals surface area (Å²) in [6.45, 7) is 5.68. The van der Waals surface area contributed by atoms with Gasteiger partial charge in [-0.05, 0) is 26.3 Å². The van der Waals surface area contributed by atoms with Crippen molar-refractivity contribution in [3.8, 4) is 0 Å². The van der Waals surface area contributed by atoms with Crippen molar-refractivity contribution >= 4 is 11.8 Å². The van der Waals surface area contributed by atoms with Gasteiger partial charge in [0.1, 0.15) is 0 Å². The summed E-state index contributed by atoms with van der Waals surface area (Å²) >= 11 is 0. The molecule has 1 aromatic rings. The fraction of sp³-hybridized carbons (Fsp3) is 0.333. The molecule has 0 aromatic heterocycles. The van der Waals surface area contributed by atoms with Crippen LogP contribution in [0, 0.1) is 12.8 Å². The molecule has 1 aliphatic rings. The summed E-state index contributed by atoms with van der Waals surface area (Å²) in [4.78, 5) is 23.8. The van der Waals surface area contributed by atoms with Crippen LogP contribution in [0.2, 0.25) is 0 Å². The highest BCUT2D eigenvalue weighted by molar-refractivity contribution is 5.97. The molecule has 0 spiro atoms. The summed E-state index contributed by atoms with van der Waals surface area (Å²) in [5.41, 5.74) is 2.71. The van der Waals surface area contributed by atoms with E-state index in [2.05, 4.69) is 0 Å². The summed E-state index contributed by atoms with van der Waals surface area (Å²) in [5.74, 6) is -0.776. The fourth-order valence-electron chi connectivity index (χ4n) is 2.50. The zero-order chi connectivity index (χ0) is 15.4. The number of ether oxygens (including phenoxy) is 1. The van der Waals surface area contributed by atoms with Crippen LogP contribution in [0.4, 0.5) is 0 Å². The molecule has 110 valence electrons. The van der Waals surface area contributed by atoms with Crippen LogP contribution >= 0.6 is 0 Å². The molecule has 2 unspecified atom stereocenters. The third-order valence-corrected chi connectivity index (χ3v) is 3.64. The highest BCUT2D eigenvalue weighted by Crippen LogP contribution is 2.33. The molecule has 3 heteroatoms. The quantitative estimate of drug-likeness (QED) is 0.779. The number of hydrogen-bond acceptors (Lipinski definition) is 3. The van der Waals surface area contributed by atoms with E-state index in [1.165, 1.54) is 6.92 Å². The fourth-order valence-corrected chi connectivity index (χ4v) is 2.50. The van der Waals surface area contributed by atoms with Crippen molar-refractivity contribution < 1.29 is 14.3 Å². The van der Waals surface area contributed by atoms with Gasteiger partial charge in [0.15, 0.2) is 5.78 Å². The monoisotopic (exact) mass is 284 g/mol. The Hall–Kier alpha value is -2.16. The number of carbonyl (C=O) groups is 2. The smallest absolute Gasteiger partial charge is 0.314 e. The van der Waals surface area contributed by atoms with Crippen molar-refractivity contribution in [3.05, 3.63) is 59.2 Å². The Morgan fingerprint density at radius 1 is 1.24 bits per heavy atom. The van der Waals surface area contributed by atoms with Gasteiger partial charge in [-0.15, -0.1) is 0 Å². The molecule has 0 bridgehead atoms. The van der Waals surface area contributed by atoms with Crippen LogP contribution in [0.15, 0.2) is 48.1 Å². The van der Waals surface area contributed by atoms with Crippen LogP contribution in [0.1, 0.15) is 30.9 Å². The molecule has 2 atom stereocenters. The Balaban J connectivity index is 2.34. The molecule has 21 heavy (non-hydrogen) atoms. The standard InChI is InChI=1S/C18H20O3/c1-4-21-18(20)17(14-7-5-12(2)6-8-14)16-10-9-15(11-16)13(3)19/h5-11,16-17H,4H2,1-3H3. The van der Waals surface area contributed by atoms with Gasteiger partial charge in [-0.3, -0.25) is 9.59 Å². The summed E-state index contributed by atoms with van der Waals surface area (Å²) in [5, 5.41) is 0. The maximum absolute atomic E-state index is 12.3. The van der Waals surface area contributed by atoms with E-state index >= 15 is 0 Å². The first-order valence-electron chi connectivity index (χ1n) is 7.17. The Morgan fingerprint density at radius 2 is 1.90 bits per heavy atom. The van der Waals surface area contributed by atoms with Crippen LogP contribution in [-0.2, 0) is 14.3 Å². The minimum atomic E-state index is -0.404. The average Bonchev–Trinajstić information content (AvgIpc) is 2.91. The molecular weight excluding hydrogens is 264 g/mol. The SMILES string of the molecule is CCOC(=O)C(c1ccc(C)cc1)C1C=CC(C(C)=O)=C1. The number of Topliss-reactive ketones (excluding diaryl/α,β-unsaturated/α-hetero) is 1. The van der Waals surface area contributed by atoms with Gasteiger partial charge in [0.25, 0.3) is 0 Å². The van der Waals surface area contributed by atoms with Gasteiger partial charge >= 0.3 is 5.97 Å². The molecule has 0 N–H and O–H groups in total. The maximum atomic E-state index is 12.3. The second-order valence-corrected chi connectivity index (χ2v) is 5.26. The molecule has 0 fully saturated rings. The van der Waals surface area contributed by atoms with Crippen molar-refractivity contribution in [2.24, 2.45) is 5.92 Å². The molecule has 1 aliphatic carbocycles.